The van der Waals surface area contributed by atoms with E-state index in [0.717, 1.165) is 5.69 Å². The molecule has 0 bridgehead atoms. The van der Waals surface area contributed by atoms with Gasteiger partial charge in [-0.25, -0.2) is 9.59 Å². The summed E-state index contributed by atoms with van der Waals surface area (Å²) in [6, 6.07) is 5.92. The highest BCUT2D eigenvalue weighted by atomic mass is 16.4. The fourth-order valence-electron chi connectivity index (χ4n) is 1.88. The van der Waals surface area contributed by atoms with Crippen LogP contribution in [0.1, 0.15) is 20.3 Å². The van der Waals surface area contributed by atoms with Gasteiger partial charge < -0.3 is 20.6 Å². The second kappa shape index (κ2) is 7.52. The van der Waals surface area contributed by atoms with Gasteiger partial charge in [-0.2, -0.15) is 0 Å². The van der Waals surface area contributed by atoms with Crippen LogP contribution in [0.3, 0.4) is 0 Å². The van der Waals surface area contributed by atoms with Crippen molar-refractivity contribution >= 4 is 23.4 Å². The van der Waals surface area contributed by atoms with Gasteiger partial charge in [0.1, 0.15) is 6.04 Å². The number of benzene rings is 1. The summed E-state index contributed by atoms with van der Waals surface area (Å²) in [7, 11) is 3.81. The summed E-state index contributed by atoms with van der Waals surface area (Å²) in [5.41, 5.74) is 1.57. The highest BCUT2D eigenvalue weighted by Gasteiger charge is 2.21. The van der Waals surface area contributed by atoms with E-state index in [2.05, 4.69) is 10.6 Å². The first-order chi connectivity index (χ1) is 9.79. The van der Waals surface area contributed by atoms with Crippen LogP contribution in [0, 0.1) is 5.92 Å². The Balaban J connectivity index is 2.67. The topological polar surface area (TPSA) is 81.7 Å². The van der Waals surface area contributed by atoms with Crippen LogP contribution in [0.25, 0.3) is 0 Å². The summed E-state index contributed by atoms with van der Waals surface area (Å²) in [5, 5.41) is 14.2. The summed E-state index contributed by atoms with van der Waals surface area (Å²) in [4.78, 5) is 24.9. The number of hydrogen-bond donors (Lipinski definition) is 3. The molecule has 0 aliphatic carbocycles. The van der Waals surface area contributed by atoms with Crippen LogP contribution >= 0.6 is 0 Å². The molecule has 0 fully saturated rings. The first-order valence-electron chi connectivity index (χ1n) is 6.87. The molecule has 1 aromatic carbocycles. The number of nitrogens with zero attached hydrogens (tertiary/aromatic N) is 1. The standard InChI is InChI=1S/C15H23N3O3/c1-10(2)8-13(14(19)20)17-15(21)16-11-6-5-7-12(9-11)18(3)4/h5-7,9-10,13H,8H2,1-4H3,(H,19,20)(H2,16,17,21)/t13-/m1/s1. The molecule has 0 saturated carbocycles. The first-order valence-corrected chi connectivity index (χ1v) is 6.87. The molecule has 1 aromatic rings. The number of nitrogens with one attached hydrogen (secondary N) is 2. The minimum absolute atomic E-state index is 0.184. The van der Waals surface area contributed by atoms with Gasteiger partial charge in [-0.05, 0) is 30.5 Å². The maximum atomic E-state index is 11.9. The quantitative estimate of drug-likeness (QED) is 0.752. The van der Waals surface area contributed by atoms with Gasteiger partial charge in [-0.15, -0.1) is 0 Å². The zero-order valence-corrected chi connectivity index (χ0v) is 12.9. The fraction of sp³-hybridized carbons (Fsp3) is 0.467. The molecular weight excluding hydrogens is 270 g/mol. The molecule has 0 aliphatic rings. The zero-order valence-electron chi connectivity index (χ0n) is 12.9. The number of carboxylic acids is 1. The van der Waals surface area contributed by atoms with Gasteiger partial charge in [0.2, 0.25) is 0 Å². The molecule has 116 valence electrons. The second-order valence-corrected chi connectivity index (χ2v) is 5.56. The number of amides is 2. The average molecular weight is 293 g/mol. The lowest BCUT2D eigenvalue weighted by Gasteiger charge is -2.18. The van der Waals surface area contributed by atoms with Crippen LogP contribution in [0.15, 0.2) is 24.3 Å². The Bertz CT molecular complexity index is 501. The highest BCUT2D eigenvalue weighted by molar-refractivity contribution is 5.92. The number of aliphatic carboxylic acids is 1. The largest absolute Gasteiger partial charge is 0.480 e. The maximum Gasteiger partial charge on any atom is 0.326 e. The fourth-order valence-corrected chi connectivity index (χ4v) is 1.88. The van der Waals surface area contributed by atoms with Crippen molar-refractivity contribution in [2.75, 3.05) is 24.3 Å². The Labute approximate surface area is 125 Å². The van der Waals surface area contributed by atoms with E-state index >= 15 is 0 Å². The summed E-state index contributed by atoms with van der Waals surface area (Å²) < 4.78 is 0. The van der Waals surface area contributed by atoms with Gasteiger partial charge >= 0.3 is 12.0 Å². The van der Waals surface area contributed by atoms with Gasteiger partial charge in [-0.3, -0.25) is 0 Å². The molecule has 21 heavy (non-hydrogen) atoms. The molecule has 0 radical (unpaired) electrons. The van der Waals surface area contributed by atoms with Gasteiger partial charge in [0.05, 0.1) is 0 Å². The number of rotatable bonds is 6. The predicted octanol–water partition coefficient (Wildman–Crippen LogP) is 2.37. The molecule has 0 saturated heterocycles. The molecule has 0 heterocycles. The lowest BCUT2D eigenvalue weighted by molar-refractivity contribution is -0.139. The molecule has 0 aliphatic heterocycles. The zero-order chi connectivity index (χ0) is 16.0. The number of carboxylic acid groups (broad SMARTS) is 1. The van der Waals surface area contributed by atoms with Crippen molar-refractivity contribution in [2.45, 2.75) is 26.3 Å². The van der Waals surface area contributed by atoms with E-state index in [9.17, 15) is 9.59 Å². The summed E-state index contributed by atoms with van der Waals surface area (Å²) >= 11 is 0. The van der Waals surface area contributed by atoms with Crippen LogP contribution in [0.4, 0.5) is 16.2 Å². The van der Waals surface area contributed by atoms with Crippen LogP contribution < -0.4 is 15.5 Å². The molecule has 6 heteroatoms. The van der Waals surface area contributed by atoms with Crippen molar-refractivity contribution in [1.29, 1.82) is 0 Å². The Kier molecular flexibility index (Phi) is 6.02. The van der Waals surface area contributed by atoms with E-state index < -0.39 is 18.0 Å². The van der Waals surface area contributed by atoms with Gasteiger partial charge in [-0.1, -0.05) is 19.9 Å². The molecule has 1 atom stereocenters. The minimum Gasteiger partial charge on any atom is -0.480 e. The van der Waals surface area contributed by atoms with E-state index in [0.29, 0.717) is 12.1 Å². The SMILES string of the molecule is CC(C)C[C@@H](NC(=O)Nc1cccc(N(C)C)c1)C(=O)O. The number of hydrogen-bond acceptors (Lipinski definition) is 3. The van der Waals surface area contributed by atoms with Crippen molar-refractivity contribution in [2.24, 2.45) is 5.92 Å². The summed E-state index contributed by atoms with van der Waals surface area (Å²) in [6.07, 6.45) is 0.389. The predicted molar refractivity (Wildman–Crippen MR) is 83.8 cm³/mol. The van der Waals surface area contributed by atoms with Crippen molar-refractivity contribution in [3.63, 3.8) is 0 Å². The van der Waals surface area contributed by atoms with E-state index in [4.69, 9.17) is 5.11 Å². The molecule has 0 unspecified atom stereocenters. The van der Waals surface area contributed by atoms with Crippen molar-refractivity contribution in [3.8, 4) is 0 Å². The second-order valence-electron chi connectivity index (χ2n) is 5.56. The molecule has 3 N–H and O–H groups in total. The smallest absolute Gasteiger partial charge is 0.326 e. The number of carbonyl (C=O) groups excluding carboxylic acids is 1. The average Bonchev–Trinajstić information content (AvgIpc) is 2.37. The molecule has 0 aromatic heterocycles. The summed E-state index contributed by atoms with van der Waals surface area (Å²) in [5.74, 6) is -0.843. The molecule has 0 spiro atoms. The number of urea groups is 1. The molecule has 2 amide bonds. The number of carbonyl (C=O) groups is 2. The highest BCUT2D eigenvalue weighted by Crippen LogP contribution is 2.17. The van der Waals surface area contributed by atoms with Crippen LogP contribution in [-0.2, 0) is 4.79 Å². The van der Waals surface area contributed by atoms with Crippen molar-refractivity contribution < 1.29 is 14.7 Å². The third kappa shape index (κ3) is 5.72. The van der Waals surface area contributed by atoms with Crippen LogP contribution in [0.5, 0.6) is 0 Å². The maximum absolute atomic E-state index is 11.9. The van der Waals surface area contributed by atoms with Crippen LogP contribution in [-0.4, -0.2) is 37.2 Å². The molecule has 6 nitrogen and oxygen atoms in total. The lowest BCUT2D eigenvalue weighted by atomic mass is 10.0. The molecular formula is C15H23N3O3. The van der Waals surface area contributed by atoms with Gasteiger partial charge in [0.15, 0.2) is 0 Å². The third-order valence-corrected chi connectivity index (χ3v) is 2.93. The number of anilines is 2. The Morgan fingerprint density at radius 2 is 1.95 bits per heavy atom. The Morgan fingerprint density at radius 1 is 1.29 bits per heavy atom. The third-order valence-electron chi connectivity index (χ3n) is 2.93. The van der Waals surface area contributed by atoms with E-state index in [1.165, 1.54) is 0 Å². The van der Waals surface area contributed by atoms with Crippen molar-refractivity contribution in [3.05, 3.63) is 24.3 Å². The molecule has 1 rings (SSSR count). The first kappa shape index (κ1) is 16.8. The summed E-state index contributed by atoms with van der Waals surface area (Å²) in [6.45, 7) is 3.83. The lowest BCUT2D eigenvalue weighted by Crippen LogP contribution is -2.43. The van der Waals surface area contributed by atoms with Crippen LogP contribution in [0.2, 0.25) is 0 Å². The minimum atomic E-state index is -1.03. The van der Waals surface area contributed by atoms with Crippen molar-refractivity contribution in [1.82, 2.24) is 5.32 Å². The van der Waals surface area contributed by atoms with E-state index in [1.807, 2.05) is 51.0 Å². The van der Waals surface area contributed by atoms with Gasteiger partial charge in [0, 0.05) is 25.5 Å². The van der Waals surface area contributed by atoms with E-state index in [1.54, 1.807) is 6.07 Å². The Morgan fingerprint density at radius 3 is 2.48 bits per heavy atom. The monoisotopic (exact) mass is 293 g/mol. The van der Waals surface area contributed by atoms with E-state index in [-0.39, 0.29) is 5.92 Å². The Hall–Kier alpha value is -2.24. The normalized spacial score (nSPS) is 11.9. The van der Waals surface area contributed by atoms with Gasteiger partial charge in [0.25, 0.3) is 0 Å².